The van der Waals surface area contributed by atoms with Crippen LogP contribution in [0.25, 0.3) is 0 Å². The number of nitrogens with one attached hydrogen (secondary N) is 1. The van der Waals surface area contributed by atoms with Crippen LogP contribution in [0.4, 0.5) is 13.2 Å². The van der Waals surface area contributed by atoms with Crippen molar-refractivity contribution in [1.29, 1.82) is 0 Å². The third-order valence-corrected chi connectivity index (χ3v) is 5.17. The molecule has 0 aromatic heterocycles. The molecule has 25 heavy (non-hydrogen) atoms. The van der Waals surface area contributed by atoms with E-state index in [1.54, 1.807) is 11.8 Å². The van der Waals surface area contributed by atoms with E-state index in [1.807, 2.05) is 6.92 Å². The summed E-state index contributed by atoms with van der Waals surface area (Å²) in [4.78, 5) is 27.8. The summed E-state index contributed by atoms with van der Waals surface area (Å²) < 4.78 is 38.2. The van der Waals surface area contributed by atoms with Gasteiger partial charge in [-0.15, -0.1) is 0 Å². The van der Waals surface area contributed by atoms with Crippen molar-refractivity contribution in [2.75, 3.05) is 39.3 Å². The molecule has 2 atom stereocenters. The van der Waals surface area contributed by atoms with Crippen molar-refractivity contribution in [3.8, 4) is 0 Å². The molecular formula is C17H28F3N3O2. The van der Waals surface area contributed by atoms with Gasteiger partial charge in [0.15, 0.2) is 0 Å². The van der Waals surface area contributed by atoms with Gasteiger partial charge in [0.05, 0.1) is 5.92 Å². The third-order valence-electron chi connectivity index (χ3n) is 5.17. The van der Waals surface area contributed by atoms with Crippen molar-refractivity contribution in [1.82, 2.24) is 15.1 Å². The predicted molar refractivity (Wildman–Crippen MR) is 87.8 cm³/mol. The van der Waals surface area contributed by atoms with Gasteiger partial charge in [0.1, 0.15) is 6.54 Å². The molecule has 0 spiro atoms. The lowest BCUT2D eigenvalue weighted by Crippen LogP contribution is -2.53. The standard InChI is InChI=1S/C17H28F3N3O2/c1-3-6-23(11-17(18,19)20)16(25)13-5-4-7-22(10-13)15(24)12(2)14-8-21-9-14/h12-14,21H,3-11H2,1-2H3. The van der Waals surface area contributed by atoms with Crippen LogP contribution >= 0.6 is 0 Å². The summed E-state index contributed by atoms with van der Waals surface area (Å²) in [6.45, 7) is 4.98. The van der Waals surface area contributed by atoms with Crippen LogP contribution in [-0.2, 0) is 9.59 Å². The molecular weight excluding hydrogens is 335 g/mol. The Bertz CT molecular complexity index is 480. The van der Waals surface area contributed by atoms with Crippen molar-refractivity contribution in [2.45, 2.75) is 39.3 Å². The van der Waals surface area contributed by atoms with Gasteiger partial charge in [0.25, 0.3) is 0 Å². The van der Waals surface area contributed by atoms with Gasteiger partial charge in [0, 0.05) is 25.6 Å². The molecule has 0 aliphatic carbocycles. The first-order chi connectivity index (χ1) is 11.7. The van der Waals surface area contributed by atoms with Crippen LogP contribution in [0.3, 0.4) is 0 Å². The molecule has 2 aliphatic heterocycles. The minimum absolute atomic E-state index is 0.0156. The second-order valence-corrected chi connectivity index (χ2v) is 7.21. The molecule has 2 amide bonds. The predicted octanol–water partition coefficient (Wildman–Crippen LogP) is 1.88. The molecule has 0 saturated carbocycles. The van der Waals surface area contributed by atoms with Crippen LogP contribution in [0.15, 0.2) is 0 Å². The first-order valence-corrected chi connectivity index (χ1v) is 9.08. The fourth-order valence-corrected chi connectivity index (χ4v) is 3.54. The summed E-state index contributed by atoms with van der Waals surface area (Å²) >= 11 is 0. The zero-order valence-corrected chi connectivity index (χ0v) is 14.9. The van der Waals surface area contributed by atoms with Crippen molar-refractivity contribution < 1.29 is 22.8 Å². The zero-order valence-electron chi connectivity index (χ0n) is 14.9. The topological polar surface area (TPSA) is 52.7 Å². The monoisotopic (exact) mass is 363 g/mol. The first-order valence-electron chi connectivity index (χ1n) is 9.08. The summed E-state index contributed by atoms with van der Waals surface area (Å²) in [5, 5.41) is 3.14. The summed E-state index contributed by atoms with van der Waals surface area (Å²) in [6, 6.07) is 0. The van der Waals surface area contributed by atoms with E-state index in [2.05, 4.69) is 5.32 Å². The number of hydrogen-bond acceptors (Lipinski definition) is 3. The number of alkyl halides is 3. The lowest BCUT2D eigenvalue weighted by molar-refractivity contribution is -0.165. The molecule has 144 valence electrons. The molecule has 2 unspecified atom stereocenters. The zero-order chi connectivity index (χ0) is 18.6. The van der Waals surface area contributed by atoms with E-state index in [0.717, 1.165) is 18.0 Å². The molecule has 0 aromatic carbocycles. The number of amides is 2. The second-order valence-electron chi connectivity index (χ2n) is 7.21. The average Bonchev–Trinajstić information content (AvgIpc) is 2.50. The second kappa shape index (κ2) is 8.38. The summed E-state index contributed by atoms with van der Waals surface area (Å²) in [7, 11) is 0. The Labute approximate surface area is 146 Å². The number of hydrogen-bond donors (Lipinski definition) is 1. The quantitative estimate of drug-likeness (QED) is 0.784. The normalized spacial score (nSPS) is 23.1. The van der Waals surface area contributed by atoms with E-state index in [0.29, 0.717) is 31.7 Å². The third kappa shape index (κ3) is 5.33. The molecule has 0 bridgehead atoms. The summed E-state index contributed by atoms with van der Waals surface area (Å²) in [5.41, 5.74) is 0. The van der Waals surface area contributed by atoms with Crippen LogP contribution in [0, 0.1) is 17.8 Å². The molecule has 2 fully saturated rings. The Morgan fingerprint density at radius 2 is 2.00 bits per heavy atom. The summed E-state index contributed by atoms with van der Waals surface area (Å²) in [6.07, 6.45) is -2.73. The van der Waals surface area contributed by atoms with Gasteiger partial charge in [-0.1, -0.05) is 13.8 Å². The smallest absolute Gasteiger partial charge is 0.342 e. The Morgan fingerprint density at radius 3 is 2.52 bits per heavy atom. The maximum absolute atomic E-state index is 12.7. The maximum atomic E-state index is 12.7. The molecule has 8 heteroatoms. The van der Waals surface area contributed by atoms with Gasteiger partial charge >= 0.3 is 6.18 Å². The average molecular weight is 363 g/mol. The summed E-state index contributed by atoms with van der Waals surface area (Å²) in [5.74, 6) is -0.794. The van der Waals surface area contributed by atoms with Gasteiger partial charge in [-0.2, -0.15) is 13.2 Å². The van der Waals surface area contributed by atoms with E-state index in [9.17, 15) is 22.8 Å². The van der Waals surface area contributed by atoms with Gasteiger partial charge in [-0.3, -0.25) is 9.59 Å². The number of likely N-dealkylation sites (tertiary alicyclic amines) is 1. The lowest BCUT2D eigenvalue weighted by Gasteiger charge is -2.39. The fourth-order valence-electron chi connectivity index (χ4n) is 3.54. The highest BCUT2D eigenvalue weighted by atomic mass is 19.4. The lowest BCUT2D eigenvalue weighted by atomic mass is 9.86. The van der Waals surface area contributed by atoms with Crippen molar-refractivity contribution in [3.05, 3.63) is 0 Å². The molecule has 1 N–H and O–H groups in total. The number of piperidine rings is 1. The number of halogens is 3. The van der Waals surface area contributed by atoms with Crippen LogP contribution in [0.5, 0.6) is 0 Å². The van der Waals surface area contributed by atoms with E-state index in [1.165, 1.54) is 0 Å². The van der Waals surface area contributed by atoms with E-state index < -0.39 is 24.5 Å². The van der Waals surface area contributed by atoms with E-state index >= 15 is 0 Å². The van der Waals surface area contributed by atoms with Gasteiger partial charge < -0.3 is 15.1 Å². The number of nitrogens with zero attached hydrogens (tertiary/aromatic N) is 2. The van der Waals surface area contributed by atoms with Gasteiger partial charge in [0.2, 0.25) is 11.8 Å². The Morgan fingerprint density at radius 1 is 1.32 bits per heavy atom. The minimum Gasteiger partial charge on any atom is -0.342 e. The molecule has 2 rings (SSSR count). The van der Waals surface area contributed by atoms with Crippen LogP contribution in [-0.4, -0.2) is 67.1 Å². The highest BCUT2D eigenvalue weighted by Crippen LogP contribution is 2.25. The molecule has 5 nitrogen and oxygen atoms in total. The Kier molecular flexibility index (Phi) is 6.71. The van der Waals surface area contributed by atoms with Crippen molar-refractivity contribution in [2.24, 2.45) is 17.8 Å². The molecule has 0 radical (unpaired) electrons. The van der Waals surface area contributed by atoms with E-state index in [-0.39, 0.29) is 24.9 Å². The van der Waals surface area contributed by atoms with E-state index in [4.69, 9.17) is 0 Å². The molecule has 2 aliphatic rings. The highest BCUT2D eigenvalue weighted by molar-refractivity contribution is 5.82. The largest absolute Gasteiger partial charge is 0.406 e. The van der Waals surface area contributed by atoms with Crippen molar-refractivity contribution >= 4 is 11.8 Å². The first kappa shape index (κ1) is 20.0. The SMILES string of the molecule is CCCN(CC(F)(F)F)C(=O)C1CCCN(C(=O)C(C)C2CNC2)C1. The number of rotatable bonds is 6. The Balaban J connectivity index is 1.98. The van der Waals surface area contributed by atoms with Crippen LogP contribution in [0.2, 0.25) is 0 Å². The number of carbonyl (C=O) groups is 2. The fraction of sp³-hybridized carbons (Fsp3) is 0.882. The minimum atomic E-state index is -4.40. The molecule has 0 aromatic rings. The van der Waals surface area contributed by atoms with Crippen molar-refractivity contribution in [3.63, 3.8) is 0 Å². The molecule has 2 saturated heterocycles. The number of carbonyl (C=O) groups excluding carboxylic acids is 2. The molecule has 2 heterocycles. The Hall–Kier alpha value is -1.31. The highest BCUT2D eigenvalue weighted by Gasteiger charge is 2.38. The van der Waals surface area contributed by atoms with Gasteiger partial charge in [-0.05, 0) is 38.3 Å². The van der Waals surface area contributed by atoms with Gasteiger partial charge in [-0.25, -0.2) is 0 Å². The maximum Gasteiger partial charge on any atom is 0.406 e. The van der Waals surface area contributed by atoms with Crippen LogP contribution < -0.4 is 5.32 Å². The van der Waals surface area contributed by atoms with Crippen LogP contribution in [0.1, 0.15) is 33.1 Å².